The summed E-state index contributed by atoms with van der Waals surface area (Å²) in [7, 11) is 3.17. The number of benzene rings is 2. The molecule has 2 aromatic rings. The summed E-state index contributed by atoms with van der Waals surface area (Å²) >= 11 is 1.62. The Morgan fingerprint density at radius 1 is 1.13 bits per heavy atom. The Morgan fingerprint density at radius 3 is 2.57 bits per heavy atom. The van der Waals surface area contributed by atoms with E-state index in [1.165, 1.54) is 17.7 Å². The zero-order valence-corrected chi connectivity index (χ0v) is 18.4. The first-order chi connectivity index (χ1) is 14.5. The minimum absolute atomic E-state index is 0.0471. The molecule has 0 spiro atoms. The molecule has 30 heavy (non-hydrogen) atoms. The molecule has 0 atom stereocenters. The maximum atomic E-state index is 14.6. The summed E-state index contributed by atoms with van der Waals surface area (Å²) in [6, 6.07) is 6.57. The smallest absolute Gasteiger partial charge is 0.254 e. The second-order valence-electron chi connectivity index (χ2n) is 7.25. The first-order valence-corrected chi connectivity index (χ1v) is 11.4. The number of hydrogen-bond acceptors (Lipinski definition) is 4. The predicted octanol–water partition coefficient (Wildman–Crippen LogP) is 3.37. The molecule has 3 rings (SSSR count). The van der Waals surface area contributed by atoms with Gasteiger partial charge >= 0.3 is 0 Å². The van der Waals surface area contributed by atoms with E-state index >= 15 is 0 Å². The molecule has 0 saturated heterocycles. The van der Waals surface area contributed by atoms with E-state index in [-0.39, 0.29) is 11.5 Å². The topological polar surface area (TPSA) is 67.4 Å². The zero-order valence-electron chi connectivity index (χ0n) is 17.6. The van der Waals surface area contributed by atoms with Gasteiger partial charge in [-0.3, -0.25) is 9.59 Å². The lowest BCUT2D eigenvalue weighted by molar-refractivity contribution is 0.0946. The van der Waals surface area contributed by atoms with Gasteiger partial charge in [-0.2, -0.15) is 11.8 Å². The van der Waals surface area contributed by atoms with Gasteiger partial charge in [-0.25, -0.2) is 4.39 Å². The fourth-order valence-corrected chi connectivity index (χ4v) is 4.27. The van der Waals surface area contributed by atoms with Crippen LogP contribution in [0.2, 0.25) is 0 Å². The van der Waals surface area contributed by atoms with E-state index in [9.17, 15) is 14.0 Å². The Balaban J connectivity index is 1.89. The van der Waals surface area contributed by atoms with Gasteiger partial charge in [-0.05, 0) is 72.4 Å². The number of carbonyl (C=O) groups excluding carboxylic acids is 2. The van der Waals surface area contributed by atoms with Crippen molar-refractivity contribution < 1.29 is 18.7 Å². The standard InChI is InChI=1S/C23H27FN2O3S/c1-25-22(27)19-13-15(16-5-4-6-17(16)21(19)29-2)11-14-7-8-18(20(24)12-14)23(28)26-9-10-30-3/h7-8,12-13H,4-6,9-11H2,1-3H3,(H,25,27)(H,26,28). The monoisotopic (exact) mass is 430 g/mol. The van der Waals surface area contributed by atoms with Crippen LogP contribution in [0.15, 0.2) is 24.3 Å². The fraction of sp³-hybridized carbons (Fsp3) is 0.391. The molecule has 0 aliphatic heterocycles. The molecule has 0 heterocycles. The average Bonchev–Trinajstić information content (AvgIpc) is 3.23. The molecule has 2 aromatic carbocycles. The summed E-state index contributed by atoms with van der Waals surface area (Å²) in [6.07, 6.45) is 5.21. The van der Waals surface area contributed by atoms with Crippen LogP contribution in [0, 0.1) is 5.82 Å². The molecule has 2 N–H and O–H groups in total. The average molecular weight is 431 g/mol. The number of fused-ring (bicyclic) bond motifs is 1. The predicted molar refractivity (Wildman–Crippen MR) is 118 cm³/mol. The van der Waals surface area contributed by atoms with Gasteiger partial charge in [0.1, 0.15) is 11.6 Å². The summed E-state index contributed by atoms with van der Waals surface area (Å²) in [5.74, 6) is 0.272. The SMILES string of the molecule is CNC(=O)c1cc(Cc2ccc(C(=O)NCCSC)c(F)c2)c2c(c1OC)CCC2. The number of carbonyl (C=O) groups is 2. The van der Waals surface area contributed by atoms with Crippen molar-refractivity contribution in [2.45, 2.75) is 25.7 Å². The molecule has 0 fully saturated rings. The number of ether oxygens (including phenoxy) is 1. The third-order valence-corrected chi connectivity index (χ3v) is 6.00. The first-order valence-electron chi connectivity index (χ1n) is 9.99. The third-order valence-electron chi connectivity index (χ3n) is 5.38. The second kappa shape index (κ2) is 9.98. The molecule has 0 unspecified atom stereocenters. The number of rotatable bonds is 8. The van der Waals surface area contributed by atoms with Crippen LogP contribution in [0.25, 0.3) is 0 Å². The number of halogens is 1. The van der Waals surface area contributed by atoms with Gasteiger partial charge in [0, 0.05) is 19.3 Å². The highest BCUT2D eigenvalue weighted by atomic mass is 32.2. The molecule has 1 aliphatic carbocycles. The van der Waals surface area contributed by atoms with Crippen molar-refractivity contribution in [3.63, 3.8) is 0 Å². The van der Waals surface area contributed by atoms with Crippen LogP contribution in [0.5, 0.6) is 5.75 Å². The lowest BCUT2D eigenvalue weighted by atomic mass is 9.93. The molecule has 0 radical (unpaired) electrons. The van der Waals surface area contributed by atoms with E-state index in [2.05, 4.69) is 10.6 Å². The zero-order chi connectivity index (χ0) is 21.7. The molecule has 160 valence electrons. The van der Waals surface area contributed by atoms with Crippen molar-refractivity contribution >= 4 is 23.6 Å². The van der Waals surface area contributed by atoms with E-state index in [4.69, 9.17) is 4.74 Å². The number of methoxy groups -OCH3 is 1. The van der Waals surface area contributed by atoms with Gasteiger partial charge in [-0.1, -0.05) is 6.07 Å². The van der Waals surface area contributed by atoms with E-state index < -0.39 is 11.7 Å². The van der Waals surface area contributed by atoms with Crippen molar-refractivity contribution in [2.75, 3.05) is 32.7 Å². The first kappa shape index (κ1) is 22.2. The number of thioether (sulfide) groups is 1. The largest absolute Gasteiger partial charge is 0.496 e. The van der Waals surface area contributed by atoms with Crippen molar-refractivity contribution in [3.8, 4) is 5.75 Å². The summed E-state index contributed by atoms with van der Waals surface area (Å²) in [6.45, 7) is 0.501. The van der Waals surface area contributed by atoms with Gasteiger partial charge in [-0.15, -0.1) is 0 Å². The number of nitrogens with one attached hydrogen (secondary N) is 2. The highest BCUT2D eigenvalue weighted by Crippen LogP contribution is 2.37. The molecule has 0 saturated carbocycles. The maximum Gasteiger partial charge on any atom is 0.254 e. The van der Waals surface area contributed by atoms with Crippen LogP contribution in [0.4, 0.5) is 4.39 Å². The summed E-state index contributed by atoms with van der Waals surface area (Å²) in [5, 5.41) is 5.39. The number of hydrogen-bond donors (Lipinski definition) is 2. The van der Waals surface area contributed by atoms with Crippen LogP contribution < -0.4 is 15.4 Å². The summed E-state index contributed by atoms with van der Waals surface area (Å²) in [4.78, 5) is 24.6. The van der Waals surface area contributed by atoms with E-state index in [0.717, 1.165) is 41.7 Å². The van der Waals surface area contributed by atoms with Crippen LogP contribution in [-0.2, 0) is 19.3 Å². The van der Waals surface area contributed by atoms with Gasteiger partial charge in [0.15, 0.2) is 0 Å². The molecular formula is C23H27FN2O3S. The molecule has 0 aromatic heterocycles. The Hall–Kier alpha value is -2.54. The lowest BCUT2D eigenvalue weighted by Crippen LogP contribution is -2.26. The van der Waals surface area contributed by atoms with E-state index in [0.29, 0.717) is 24.3 Å². The van der Waals surface area contributed by atoms with Crippen molar-refractivity contribution in [2.24, 2.45) is 0 Å². The Labute approximate surface area is 180 Å². The number of amides is 2. The van der Waals surface area contributed by atoms with Crippen LogP contribution in [0.3, 0.4) is 0 Å². The minimum Gasteiger partial charge on any atom is -0.496 e. The van der Waals surface area contributed by atoms with Crippen LogP contribution in [-0.4, -0.2) is 44.5 Å². The normalized spacial score (nSPS) is 12.4. The minimum atomic E-state index is -0.536. The molecule has 0 bridgehead atoms. The summed E-state index contributed by atoms with van der Waals surface area (Å²) in [5.41, 5.74) is 4.55. The van der Waals surface area contributed by atoms with Gasteiger partial charge in [0.25, 0.3) is 11.8 Å². The van der Waals surface area contributed by atoms with Crippen LogP contribution in [0.1, 0.15) is 49.4 Å². The van der Waals surface area contributed by atoms with Gasteiger partial charge in [0.05, 0.1) is 18.2 Å². The van der Waals surface area contributed by atoms with E-state index in [1.807, 2.05) is 12.3 Å². The fourth-order valence-electron chi connectivity index (χ4n) is 3.97. The lowest BCUT2D eigenvalue weighted by Gasteiger charge is -2.17. The van der Waals surface area contributed by atoms with Crippen LogP contribution >= 0.6 is 11.8 Å². The third kappa shape index (κ3) is 4.61. The van der Waals surface area contributed by atoms with Gasteiger partial charge < -0.3 is 15.4 Å². The highest BCUT2D eigenvalue weighted by molar-refractivity contribution is 7.98. The van der Waals surface area contributed by atoms with E-state index in [1.54, 1.807) is 32.0 Å². The molecule has 5 nitrogen and oxygen atoms in total. The molecule has 1 aliphatic rings. The van der Waals surface area contributed by atoms with Gasteiger partial charge in [0.2, 0.25) is 0 Å². The Morgan fingerprint density at radius 2 is 1.90 bits per heavy atom. The molecule has 7 heteroatoms. The van der Waals surface area contributed by atoms with Crippen molar-refractivity contribution in [1.82, 2.24) is 10.6 Å². The Bertz CT molecular complexity index is 962. The van der Waals surface area contributed by atoms with Crippen molar-refractivity contribution in [3.05, 3.63) is 63.5 Å². The quantitative estimate of drug-likeness (QED) is 0.630. The molecule has 2 amide bonds. The summed E-state index contributed by atoms with van der Waals surface area (Å²) < 4.78 is 20.2. The Kier molecular flexibility index (Phi) is 7.37. The highest BCUT2D eigenvalue weighted by Gasteiger charge is 2.25. The molecular weight excluding hydrogens is 403 g/mol. The maximum absolute atomic E-state index is 14.6. The second-order valence-corrected chi connectivity index (χ2v) is 8.23. The van der Waals surface area contributed by atoms with Crippen molar-refractivity contribution in [1.29, 1.82) is 0 Å².